The molecule has 0 bridgehead atoms. The summed E-state index contributed by atoms with van der Waals surface area (Å²) in [6.45, 7) is 0. The Hall–Kier alpha value is -2.77. The highest BCUT2D eigenvalue weighted by Crippen LogP contribution is 2.28. The number of anilines is 1. The molecule has 13 heteroatoms. The van der Waals surface area contributed by atoms with Crippen LogP contribution in [-0.4, -0.2) is 48.8 Å². The molecule has 0 radical (unpaired) electrons. The van der Waals surface area contributed by atoms with E-state index in [9.17, 15) is 18.0 Å². The molecule has 0 spiro atoms. The first-order valence-electron chi connectivity index (χ1n) is 8.21. The van der Waals surface area contributed by atoms with Crippen LogP contribution < -0.4 is 11.1 Å². The Morgan fingerprint density at radius 2 is 2.07 bits per heavy atom. The molecular formula is C17H16ClN5O5S2. The number of nitrogens with one attached hydrogen (secondary N) is 2. The van der Waals surface area contributed by atoms with Crippen LogP contribution in [0.2, 0.25) is 5.02 Å². The maximum absolute atomic E-state index is 12.6. The summed E-state index contributed by atoms with van der Waals surface area (Å²) in [5, 5.41) is 4.52. The number of carbonyl (C=O) groups excluding carboxylic acids is 2. The summed E-state index contributed by atoms with van der Waals surface area (Å²) in [6, 6.07) is 5.41. The first-order chi connectivity index (χ1) is 14.1. The van der Waals surface area contributed by atoms with Gasteiger partial charge in [0, 0.05) is 29.8 Å². The molecule has 158 valence electrons. The van der Waals surface area contributed by atoms with Crippen molar-refractivity contribution >= 4 is 49.9 Å². The number of halogens is 1. The Kier molecular flexibility index (Phi) is 6.24. The average Bonchev–Trinajstić information content (AvgIpc) is 3.36. The third kappa shape index (κ3) is 4.37. The SMILES string of the molecule is CON(C)S(=O)(=O)c1cc(C(=O)Nc2nc(-c3c[nH]c(C(N)=O)c3)cs2)ccc1Cl. The molecule has 3 rings (SSSR count). The number of amides is 2. The fourth-order valence-electron chi connectivity index (χ4n) is 2.40. The van der Waals surface area contributed by atoms with Crippen molar-refractivity contribution < 1.29 is 22.8 Å². The number of sulfonamides is 1. The molecule has 0 fully saturated rings. The van der Waals surface area contributed by atoms with Gasteiger partial charge >= 0.3 is 0 Å². The van der Waals surface area contributed by atoms with Gasteiger partial charge in [0.2, 0.25) is 0 Å². The van der Waals surface area contributed by atoms with Gasteiger partial charge in [-0.15, -0.1) is 11.3 Å². The predicted molar refractivity (Wildman–Crippen MR) is 112 cm³/mol. The van der Waals surface area contributed by atoms with E-state index in [1.807, 2.05) is 0 Å². The highest BCUT2D eigenvalue weighted by Gasteiger charge is 2.25. The molecule has 10 nitrogen and oxygen atoms in total. The van der Waals surface area contributed by atoms with Crippen molar-refractivity contribution in [1.29, 1.82) is 0 Å². The van der Waals surface area contributed by atoms with E-state index in [2.05, 4.69) is 15.3 Å². The minimum absolute atomic E-state index is 0.0512. The molecule has 30 heavy (non-hydrogen) atoms. The summed E-state index contributed by atoms with van der Waals surface area (Å²) in [5.74, 6) is -1.17. The molecule has 0 aliphatic carbocycles. The van der Waals surface area contributed by atoms with E-state index in [0.29, 0.717) is 15.7 Å². The molecule has 0 aliphatic heterocycles. The van der Waals surface area contributed by atoms with Crippen LogP contribution in [0, 0.1) is 0 Å². The van der Waals surface area contributed by atoms with Crippen LogP contribution in [-0.2, 0) is 14.9 Å². The average molecular weight is 470 g/mol. The Morgan fingerprint density at radius 1 is 1.33 bits per heavy atom. The van der Waals surface area contributed by atoms with E-state index in [1.165, 1.54) is 26.3 Å². The van der Waals surface area contributed by atoms with Gasteiger partial charge in [-0.05, 0) is 24.3 Å². The van der Waals surface area contributed by atoms with Crippen molar-refractivity contribution in [3.05, 3.63) is 52.1 Å². The number of carbonyl (C=O) groups is 2. The highest BCUT2D eigenvalue weighted by molar-refractivity contribution is 7.89. The number of primary amides is 1. The first-order valence-corrected chi connectivity index (χ1v) is 10.9. The van der Waals surface area contributed by atoms with Gasteiger partial charge in [0.05, 0.1) is 17.8 Å². The number of aromatic nitrogens is 2. The number of H-pyrrole nitrogens is 1. The lowest BCUT2D eigenvalue weighted by Gasteiger charge is -2.15. The molecule has 4 N–H and O–H groups in total. The minimum Gasteiger partial charge on any atom is -0.364 e. The molecule has 2 aromatic heterocycles. The molecule has 0 saturated heterocycles. The van der Waals surface area contributed by atoms with Crippen molar-refractivity contribution in [3.63, 3.8) is 0 Å². The second-order valence-corrected chi connectivity index (χ2v) is 9.07. The Labute approximate surface area is 180 Å². The molecule has 0 aliphatic rings. The fourth-order valence-corrected chi connectivity index (χ4v) is 4.58. The molecule has 0 unspecified atom stereocenters. The van der Waals surface area contributed by atoms with E-state index in [0.717, 1.165) is 17.4 Å². The van der Waals surface area contributed by atoms with Crippen molar-refractivity contribution in [2.75, 3.05) is 19.5 Å². The van der Waals surface area contributed by atoms with E-state index < -0.39 is 21.8 Å². The number of hydroxylamine groups is 1. The standard InChI is InChI=1S/C17H16ClN5O5S2/c1-23(28-2)30(26,27)14-6-9(3-4-11(14)18)16(25)22-17-21-13(8-29-17)10-5-12(15(19)24)20-7-10/h3-8,20H,1-2H3,(H2,19,24)(H,21,22,25). The van der Waals surface area contributed by atoms with Gasteiger partial charge in [0.25, 0.3) is 21.8 Å². The third-order valence-electron chi connectivity index (χ3n) is 4.04. The van der Waals surface area contributed by atoms with Gasteiger partial charge in [-0.25, -0.2) is 13.4 Å². The molecule has 1 aromatic carbocycles. The van der Waals surface area contributed by atoms with Crippen LogP contribution in [0.5, 0.6) is 0 Å². The van der Waals surface area contributed by atoms with Crippen LogP contribution in [0.25, 0.3) is 11.3 Å². The quantitative estimate of drug-likeness (QED) is 0.452. The van der Waals surface area contributed by atoms with Crippen molar-refractivity contribution in [1.82, 2.24) is 14.4 Å². The summed E-state index contributed by atoms with van der Waals surface area (Å²) in [7, 11) is -1.64. The van der Waals surface area contributed by atoms with E-state index in [1.54, 1.807) is 17.6 Å². The molecule has 3 aromatic rings. The number of aromatic amines is 1. The topological polar surface area (TPSA) is 147 Å². The largest absolute Gasteiger partial charge is 0.364 e. The van der Waals surface area contributed by atoms with Crippen molar-refractivity contribution in [3.8, 4) is 11.3 Å². The maximum Gasteiger partial charge on any atom is 0.266 e. The normalized spacial score (nSPS) is 11.6. The second kappa shape index (κ2) is 8.53. The third-order valence-corrected chi connectivity index (χ3v) is 6.95. The van der Waals surface area contributed by atoms with Crippen LogP contribution in [0.3, 0.4) is 0 Å². The lowest BCUT2D eigenvalue weighted by atomic mass is 10.2. The number of rotatable bonds is 7. The lowest BCUT2D eigenvalue weighted by molar-refractivity contribution is -0.0258. The number of hydrogen-bond acceptors (Lipinski definition) is 7. The van der Waals surface area contributed by atoms with Gasteiger partial charge in [0.15, 0.2) is 5.13 Å². The lowest BCUT2D eigenvalue weighted by Crippen LogP contribution is -2.26. The van der Waals surface area contributed by atoms with E-state index in [4.69, 9.17) is 22.2 Å². The van der Waals surface area contributed by atoms with Crippen LogP contribution in [0.15, 0.2) is 40.7 Å². The van der Waals surface area contributed by atoms with Crippen molar-refractivity contribution in [2.24, 2.45) is 5.73 Å². The number of nitrogens with two attached hydrogens (primary N) is 1. The highest BCUT2D eigenvalue weighted by atomic mass is 35.5. The Balaban J connectivity index is 1.82. The zero-order chi connectivity index (χ0) is 22.1. The van der Waals surface area contributed by atoms with Gasteiger partial charge in [-0.1, -0.05) is 16.1 Å². The first kappa shape index (κ1) is 21.9. The molecule has 2 amide bonds. The molecule has 2 heterocycles. The van der Waals surface area contributed by atoms with Gasteiger partial charge in [-0.3, -0.25) is 19.7 Å². The fraction of sp³-hybridized carbons (Fsp3) is 0.118. The number of thiazole rings is 1. The predicted octanol–water partition coefficient (Wildman–Crippen LogP) is 2.32. The van der Waals surface area contributed by atoms with E-state index >= 15 is 0 Å². The second-order valence-electron chi connectivity index (χ2n) is 5.90. The van der Waals surface area contributed by atoms with E-state index in [-0.39, 0.29) is 26.3 Å². The van der Waals surface area contributed by atoms with Crippen LogP contribution in [0.1, 0.15) is 20.8 Å². The number of hydrogen-bond donors (Lipinski definition) is 3. The zero-order valence-corrected chi connectivity index (χ0v) is 18.1. The molecular weight excluding hydrogens is 454 g/mol. The maximum atomic E-state index is 12.6. The number of nitrogens with zero attached hydrogens (tertiary/aromatic N) is 2. The summed E-state index contributed by atoms with van der Waals surface area (Å²) in [5.41, 5.74) is 6.67. The summed E-state index contributed by atoms with van der Waals surface area (Å²) < 4.78 is 25.6. The number of benzene rings is 1. The minimum atomic E-state index is -4.04. The Morgan fingerprint density at radius 3 is 2.70 bits per heavy atom. The zero-order valence-electron chi connectivity index (χ0n) is 15.7. The Bertz CT molecular complexity index is 1220. The van der Waals surface area contributed by atoms with Gasteiger partial charge in [-0.2, -0.15) is 0 Å². The van der Waals surface area contributed by atoms with Crippen LogP contribution in [0.4, 0.5) is 5.13 Å². The molecule has 0 atom stereocenters. The monoisotopic (exact) mass is 469 g/mol. The van der Waals surface area contributed by atoms with Crippen molar-refractivity contribution in [2.45, 2.75) is 4.90 Å². The van der Waals surface area contributed by atoms with Gasteiger partial charge in [0.1, 0.15) is 10.6 Å². The smallest absolute Gasteiger partial charge is 0.266 e. The van der Waals surface area contributed by atoms with Crippen LogP contribution >= 0.6 is 22.9 Å². The summed E-state index contributed by atoms with van der Waals surface area (Å²) >= 11 is 7.16. The molecule has 0 saturated carbocycles. The van der Waals surface area contributed by atoms with Gasteiger partial charge < -0.3 is 10.7 Å². The summed E-state index contributed by atoms with van der Waals surface area (Å²) in [4.78, 5) is 35.3. The summed E-state index contributed by atoms with van der Waals surface area (Å²) in [6.07, 6.45) is 1.57.